The van der Waals surface area contributed by atoms with Crippen LogP contribution < -0.4 is 0 Å². The van der Waals surface area contributed by atoms with Gasteiger partial charge in [0.15, 0.2) is 0 Å². The molecule has 0 aliphatic heterocycles. The van der Waals surface area contributed by atoms with Gasteiger partial charge in [0, 0.05) is 6.42 Å². The average Bonchev–Trinajstić information content (AvgIpc) is 2.40. The second kappa shape index (κ2) is 6.87. The SMILES string of the molecule is CCOC(=O)C(F)(Cc1ccccc1)C(=O)OCC. The van der Waals surface area contributed by atoms with Gasteiger partial charge in [-0.1, -0.05) is 30.3 Å². The summed E-state index contributed by atoms with van der Waals surface area (Å²) in [5, 5.41) is 0. The summed E-state index contributed by atoms with van der Waals surface area (Å²) in [6.45, 7) is 3.09. The Morgan fingerprint density at radius 1 is 1.05 bits per heavy atom. The van der Waals surface area contributed by atoms with Crippen LogP contribution in [0.15, 0.2) is 30.3 Å². The highest BCUT2D eigenvalue weighted by Gasteiger charge is 2.49. The monoisotopic (exact) mass is 268 g/mol. The highest BCUT2D eigenvalue weighted by Crippen LogP contribution is 2.22. The van der Waals surface area contributed by atoms with E-state index >= 15 is 0 Å². The van der Waals surface area contributed by atoms with E-state index in [0.29, 0.717) is 5.56 Å². The molecule has 0 bridgehead atoms. The molecule has 0 aliphatic carbocycles. The van der Waals surface area contributed by atoms with Crippen molar-refractivity contribution in [2.45, 2.75) is 25.9 Å². The van der Waals surface area contributed by atoms with E-state index in [1.165, 1.54) is 0 Å². The molecule has 4 nitrogen and oxygen atoms in total. The molecule has 0 spiro atoms. The lowest BCUT2D eigenvalue weighted by atomic mass is 9.96. The van der Waals surface area contributed by atoms with Crippen LogP contribution in [0.3, 0.4) is 0 Å². The molecular weight excluding hydrogens is 251 g/mol. The molecule has 0 saturated carbocycles. The zero-order chi connectivity index (χ0) is 14.3. The zero-order valence-electron chi connectivity index (χ0n) is 11.0. The summed E-state index contributed by atoms with van der Waals surface area (Å²) < 4.78 is 24.0. The van der Waals surface area contributed by atoms with Gasteiger partial charge >= 0.3 is 17.6 Å². The summed E-state index contributed by atoms with van der Waals surface area (Å²) in [4.78, 5) is 23.4. The molecule has 0 atom stereocenters. The van der Waals surface area contributed by atoms with Crippen LogP contribution in [0.25, 0.3) is 0 Å². The molecule has 0 aromatic heterocycles. The molecule has 0 amide bonds. The summed E-state index contributed by atoms with van der Waals surface area (Å²) in [5.74, 6) is -2.42. The van der Waals surface area contributed by atoms with Crippen LogP contribution in [0, 0.1) is 0 Å². The largest absolute Gasteiger partial charge is 0.463 e. The molecule has 0 unspecified atom stereocenters. The molecule has 104 valence electrons. The Morgan fingerprint density at radius 3 is 1.95 bits per heavy atom. The number of hydrogen-bond donors (Lipinski definition) is 0. The highest BCUT2D eigenvalue weighted by molar-refractivity contribution is 6.03. The summed E-state index contributed by atoms with van der Waals surface area (Å²) >= 11 is 0. The molecule has 0 fully saturated rings. The maximum atomic E-state index is 14.7. The number of hydrogen-bond acceptors (Lipinski definition) is 4. The van der Waals surface area contributed by atoms with Crippen molar-refractivity contribution < 1.29 is 23.5 Å². The van der Waals surface area contributed by atoms with Crippen molar-refractivity contribution in [2.75, 3.05) is 13.2 Å². The molecule has 1 rings (SSSR count). The van der Waals surface area contributed by atoms with E-state index in [4.69, 9.17) is 0 Å². The van der Waals surface area contributed by atoms with Gasteiger partial charge in [0.05, 0.1) is 13.2 Å². The third kappa shape index (κ3) is 3.77. The van der Waals surface area contributed by atoms with E-state index in [1.807, 2.05) is 0 Å². The Hall–Kier alpha value is -1.91. The third-order valence-electron chi connectivity index (χ3n) is 2.49. The van der Waals surface area contributed by atoms with Crippen LogP contribution >= 0.6 is 0 Å². The first-order chi connectivity index (χ1) is 9.04. The second-order valence-corrected chi connectivity index (χ2v) is 3.90. The molecule has 0 saturated heterocycles. The first-order valence-electron chi connectivity index (χ1n) is 6.11. The molecule has 19 heavy (non-hydrogen) atoms. The molecule has 0 aliphatic rings. The number of alkyl halides is 1. The molecule has 0 heterocycles. The van der Waals surface area contributed by atoms with E-state index in [-0.39, 0.29) is 13.2 Å². The van der Waals surface area contributed by atoms with Gasteiger partial charge in [-0.25, -0.2) is 14.0 Å². The van der Waals surface area contributed by atoms with E-state index < -0.39 is 24.0 Å². The second-order valence-electron chi connectivity index (χ2n) is 3.90. The fraction of sp³-hybridized carbons (Fsp3) is 0.429. The van der Waals surface area contributed by atoms with Gasteiger partial charge < -0.3 is 9.47 Å². The van der Waals surface area contributed by atoms with E-state index in [0.717, 1.165) is 0 Å². The molecule has 0 radical (unpaired) electrons. The Labute approximate surface area is 111 Å². The molecule has 5 heteroatoms. The van der Waals surface area contributed by atoms with Crippen molar-refractivity contribution in [1.82, 2.24) is 0 Å². The predicted molar refractivity (Wildman–Crippen MR) is 67.3 cm³/mol. The van der Waals surface area contributed by atoms with Gasteiger partial charge in [0.25, 0.3) is 0 Å². The van der Waals surface area contributed by atoms with Gasteiger partial charge in [-0.2, -0.15) is 0 Å². The average molecular weight is 268 g/mol. The van der Waals surface area contributed by atoms with Crippen LogP contribution in [0.1, 0.15) is 19.4 Å². The van der Waals surface area contributed by atoms with Crippen LogP contribution in [0.4, 0.5) is 4.39 Å². The van der Waals surface area contributed by atoms with E-state index in [1.54, 1.807) is 44.2 Å². The summed E-state index contributed by atoms with van der Waals surface area (Å²) in [6.07, 6.45) is -0.397. The number of esters is 2. The fourth-order valence-electron chi connectivity index (χ4n) is 1.60. The number of rotatable bonds is 6. The zero-order valence-corrected chi connectivity index (χ0v) is 11.0. The first-order valence-corrected chi connectivity index (χ1v) is 6.11. The number of benzene rings is 1. The van der Waals surface area contributed by atoms with Crippen molar-refractivity contribution in [3.63, 3.8) is 0 Å². The summed E-state index contributed by atoms with van der Waals surface area (Å²) in [7, 11) is 0. The molecule has 0 N–H and O–H groups in total. The van der Waals surface area contributed by atoms with Crippen molar-refractivity contribution in [3.8, 4) is 0 Å². The number of halogens is 1. The minimum atomic E-state index is -2.80. The van der Waals surface area contributed by atoms with Crippen LogP contribution in [-0.4, -0.2) is 30.8 Å². The van der Waals surface area contributed by atoms with Crippen LogP contribution in [-0.2, 0) is 25.5 Å². The predicted octanol–water partition coefficient (Wildman–Crippen LogP) is 2.06. The normalized spacial score (nSPS) is 10.9. The van der Waals surface area contributed by atoms with Crippen LogP contribution in [0.5, 0.6) is 0 Å². The minimum absolute atomic E-state index is 0.00129. The molecular formula is C14H17FO4. The summed E-state index contributed by atoms with van der Waals surface area (Å²) in [6, 6.07) is 8.43. The lowest BCUT2D eigenvalue weighted by Crippen LogP contribution is -2.46. The first kappa shape index (κ1) is 15.1. The topological polar surface area (TPSA) is 52.6 Å². The minimum Gasteiger partial charge on any atom is -0.463 e. The highest BCUT2D eigenvalue weighted by atomic mass is 19.1. The van der Waals surface area contributed by atoms with Crippen molar-refractivity contribution in [2.24, 2.45) is 0 Å². The van der Waals surface area contributed by atoms with Gasteiger partial charge in [0.2, 0.25) is 0 Å². The van der Waals surface area contributed by atoms with E-state index in [2.05, 4.69) is 9.47 Å². The van der Waals surface area contributed by atoms with Gasteiger partial charge in [-0.3, -0.25) is 0 Å². The maximum Gasteiger partial charge on any atom is 0.356 e. The Bertz CT molecular complexity index is 412. The number of ether oxygens (including phenoxy) is 2. The summed E-state index contributed by atoms with van der Waals surface area (Å²) in [5.41, 5.74) is -2.28. The standard InChI is InChI=1S/C14H17FO4/c1-3-18-12(16)14(15,13(17)19-4-2)10-11-8-6-5-7-9-11/h5-9H,3-4,10H2,1-2H3. The molecule has 1 aromatic rings. The van der Waals surface area contributed by atoms with Crippen molar-refractivity contribution >= 4 is 11.9 Å². The Kier molecular flexibility index (Phi) is 5.48. The van der Waals surface area contributed by atoms with Crippen molar-refractivity contribution in [1.29, 1.82) is 0 Å². The van der Waals surface area contributed by atoms with E-state index in [9.17, 15) is 14.0 Å². The van der Waals surface area contributed by atoms with Gasteiger partial charge in [-0.15, -0.1) is 0 Å². The number of carbonyl (C=O) groups excluding carboxylic acids is 2. The smallest absolute Gasteiger partial charge is 0.356 e. The third-order valence-corrected chi connectivity index (χ3v) is 2.49. The van der Waals surface area contributed by atoms with Gasteiger partial charge in [0.1, 0.15) is 0 Å². The lowest BCUT2D eigenvalue weighted by molar-refractivity contribution is -0.174. The Morgan fingerprint density at radius 2 is 1.53 bits per heavy atom. The molecule has 1 aromatic carbocycles. The fourth-order valence-corrected chi connectivity index (χ4v) is 1.60. The van der Waals surface area contributed by atoms with Crippen LogP contribution in [0.2, 0.25) is 0 Å². The maximum absolute atomic E-state index is 14.7. The quantitative estimate of drug-likeness (QED) is 0.585. The van der Waals surface area contributed by atoms with Crippen molar-refractivity contribution in [3.05, 3.63) is 35.9 Å². The lowest BCUT2D eigenvalue weighted by Gasteiger charge is -2.21. The van der Waals surface area contributed by atoms with Gasteiger partial charge in [-0.05, 0) is 19.4 Å². The Balaban J connectivity index is 2.98. The number of carbonyl (C=O) groups is 2.